The Labute approximate surface area is 155 Å². The number of amides is 2. The number of anilines is 1. The standard InChI is InChI=1S/C21H28N2O3/c1-23(25-2)21(24)22-19-14-10-15-20(17-19)26-16-9-4-3-6-11-18-12-7-5-8-13-18/h5,7-8,10,12-15,17H,3-4,6,9,11,16H2,1-2H3,(H,22,24). The second kappa shape index (κ2) is 11.2. The Morgan fingerprint density at radius 2 is 1.77 bits per heavy atom. The van der Waals surface area contributed by atoms with Gasteiger partial charge in [-0.2, -0.15) is 0 Å². The number of ether oxygens (including phenoxy) is 1. The molecular formula is C21H28N2O3. The van der Waals surface area contributed by atoms with E-state index in [-0.39, 0.29) is 6.03 Å². The van der Waals surface area contributed by atoms with Gasteiger partial charge in [-0.25, -0.2) is 9.86 Å². The molecule has 0 aromatic heterocycles. The molecular weight excluding hydrogens is 328 g/mol. The zero-order valence-electron chi connectivity index (χ0n) is 15.6. The number of rotatable bonds is 10. The van der Waals surface area contributed by atoms with Crippen LogP contribution in [0.25, 0.3) is 0 Å². The van der Waals surface area contributed by atoms with Gasteiger partial charge >= 0.3 is 6.03 Å². The Bertz CT molecular complexity index is 661. The second-order valence-corrected chi connectivity index (χ2v) is 6.14. The second-order valence-electron chi connectivity index (χ2n) is 6.14. The highest BCUT2D eigenvalue weighted by Gasteiger charge is 2.08. The van der Waals surface area contributed by atoms with Crippen LogP contribution in [0.3, 0.4) is 0 Å². The maximum atomic E-state index is 11.8. The minimum absolute atomic E-state index is 0.330. The Kier molecular flexibility index (Phi) is 8.49. The molecule has 0 bridgehead atoms. The molecule has 0 spiro atoms. The lowest BCUT2D eigenvalue weighted by molar-refractivity contribution is -0.0598. The van der Waals surface area contributed by atoms with Gasteiger partial charge in [0.2, 0.25) is 0 Å². The van der Waals surface area contributed by atoms with E-state index in [9.17, 15) is 4.79 Å². The van der Waals surface area contributed by atoms with Crippen molar-refractivity contribution in [3.63, 3.8) is 0 Å². The lowest BCUT2D eigenvalue weighted by atomic mass is 10.1. The van der Waals surface area contributed by atoms with Gasteiger partial charge in [-0.15, -0.1) is 0 Å². The third-order valence-electron chi connectivity index (χ3n) is 4.12. The molecule has 2 aromatic rings. The molecule has 1 N–H and O–H groups in total. The van der Waals surface area contributed by atoms with Crippen molar-refractivity contribution in [2.45, 2.75) is 32.1 Å². The molecule has 0 radical (unpaired) electrons. The Morgan fingerprint density at radius 3 is 2.54 bits per heavy atom. The average Bonchev–Trinajstić information content (AvgIpc) is 2.67. The predicted molar refractivity (Wildman–Crippen MR) is 104 cm³/mol. The molecule has 0 aliphatic rings. The highest BCUT2D eigenvalue weighted by atomic mass is 16.7. The molecule has 140 valence electrons. The van der Waals surface area contributed by atoms with Crippen LogP contribution in [0.2, 0.25) is 0 Å². The lowest BCUT2D eigenvalue weighted by Crippen LogP contribution is -2.30. The first-order chi connectivity index (χ1) is 12.7. The fourth-order valence-electron chi connectivity index (χ4n) is 2.57. The summed E-state index contributed by atoms with van der Waals surface area (Å²) in [6, 6.07) is 17.6. The van der Waals surface area contributed by atoms with Gasteiger partial charge in [0.1, 0.15) is 5.75 Å². The van der Waals surface area contributed by atoms with E-state index >= 15 is 0 Å². The quantitative estimate of drug-likeness (QED) is 0.487. The van der Waals surface area contributed by atoms with Crippen molar-refractivity contribution in [3.8, 4) is 5.75 Å². The zero-order valence-corrected chi connectivity index (χ0v) is 15.6. The summed E-state index contributed by atoms with van der Waals surface area (Å²) in [5.41, 5.74) is 2.08. The fraction of sp³-hybridized carbons (Fsp3) is 0.381. The Morgan fingerprint density at radius 1 is 1.00 bits per heavy atom. The number of aryl methyl sites for hydroxylation is 1. The molecule has 0 saturated carbocycles. The van der Waals surface area contributed by atoms with E-state index in [1.165, 1.54) is 25.5 Å². The van der Waals surface area contributed by atoms with Crippen LogP contribution >= 0.6 is 0 Å². The molecule has 2 amide bonds. The number of nitrogens with zero attached hydrogens (tertiary/aromatic N) is 1. The normalized spacial score (nSPS) is 10.4. The van der Waals surface area contributed by atoms with E-state index in [0.717, 1.165) is 30.1 Å². The maximum Gasteiger partial charge on any atom is 0.345 e. The number of hydrogen-bond acceptors (Lipinski definition) is 3. The summed E-state index contributed by atoms with van der Waals surface area (Å²) in [7, 11) is 2.99. The summed E-state index contributed by atoms with van der Waals surface area (Å²) in [5.74, 6) is 0.757. The number of unbranched alkanes of at least 4 members (excludes halogenated alkanes) is 3. The van der Waals surface area contributed by atoms with E-state index in [2.05, 4.69) is 35.6 Å². The van der Waals surface area contributed by atoms with Gasteiger partial charge in [0.05, 0.1) is 13.7 Å². The SMILES string of the molecule is CON(C)C(=O)Nc1cccc(OCCCCCCc2ccccc2)c1. The largest absolute Gasteiger partial charge is 0.494 e. The first-order valence-electron chi connectivity index (χ1n) is 9.04. The zero-order chi connectivity index (χ0) is 18.6. The fourth-order valence-corrected chi connectivity index (χ4v) is 2.57. The van der Waals surface area contributed by atoms with Crippen LogP contribution in [0.4, 0.5) is 10.5 Å². The topological polar surface area (TPSA) is 50.8 Å². The van der Waals surface area contributed by atoms with Crippen LogP contribution in [0.5, 0.6) is 5.75 Å². The molecule has 0 fully saturated rings. The van der Waals surface area contributed by atoms with Crippen LogP contribution < -0.4 is 10.1 Å². The van der Waals surface area contributed by atoms with Crippen LogP contribution in [-0.4, -0.2) is 31.9 Å². The molecule has 0 heterocycles. The molecule has 26 heavy (non-hydrogen) atoms. The first kappa shape index (κ1) is 19.8. The molecule has 0 aliphatic heterocycles. The summed E-state index contributed by atoms with van der Waals surface area (Å²) >= 11 is 0. The van der Waals surface area contributed by atoms with E-state index < -0.39 is 0 Å². The summed E-state index contributed by atoms with van der Waals surface area (Å²) in [6.45, 7) is 0.681. The maximum absolute atomic E-state index is 11.8. The van der Waals surface area contributed by atoms with Crippen molar-refractivity contribution < 1.29 is 14.4 Å². The molecule has 5 nitrogen and oxygen atoms in total. The van der Waals surface area contributed by atoms with Gasteiger partial charge in [0.25, 0.3) is 0 Å². The number of carbonyl (C=O) groups excluding carboxylic acids is 1. The van der Waals surface area contributed by atoms with Gasteiger partial charge in [-0.05, 0) is 37.0 Å². The van der Waals surface area contributed by atoms with Crippen LogP contribution in [0, 0.1) is 0 Å². The third-order valence-corrected chi connectivity index (χ3v) is 4.12. The van der Waals surface area contributed by atoms with Gasteiger partial charge in [0, 0.05) is 18.8 Å². The third kappa shape index (κ3) is 7.15. The van der Waals surface area contributed by atoms with Crippen LogP contribution in [0.1, 0.15) is 31.2 Å². The number of nitrogens with one attached hydrogen (secondary N) is 1. The van der Waals surface area contributed by atoms with Gasteiger partial charge in [-0.3, -0.25) is 4.84 Å². The number of hydrogen-bond donors (Lipinski definition) is 1. The van der Waals surface area contributed by atoms with Crippen molar-refractivity contribution >= 4 is 11.7 Å². The van der Waals surface area contributed by atoms with Crippen LogP contribution in [-0.2, 0) is 11.3 Å². The smallest absolute Gasteiger partial charge is 0.345 e. The van der Waals surface area contributed by atoms with Crippen molar-refractivity contribution in [2.24, 2.45) is 0 Å². The first-order valence-corrected chi connectivity index (χ1v) is 9.04. The average molecular weight is 356 g/mol. The summed E-state index contributed by atoms with van der Waals surface area (Å²) in [4.78, 5) is 16.6. The van der Waals surface area contributed by atoms with E-state index in [0.29, 0.717) is 12.3 Å². The van der Waals surface area contributed by atoms with E-state index in [4.69, 9.17) is 9.57 Å². The number of urea groups is 1. The molecule has 0 atom stereocenters. The van der Waals surface area contributed by atoms with E-state index in [1.54, 1.807) is 7.05 Å². The highest BCUT2D eigenvalue weighted by Crippen LogP contribution is 2.18. The summed E-state index contributed by atoms with van der Waals surface area (Å²) in [6.07, 6.45) is 5.73. The van der Waals surface area contributed by atoms with Gasteiger partial charge in [0.15, 0.2) is 0 Å². The Balaban J connectivity index is 1.62. The molecule has 2 rings (SSSR count). The van der Waals surface area contributed by atoms with Gasteiger partial charge < -0.3 is 10.1 Å². The van der Waals surface area contributed by atoms with E-state index in [1.807, 2.05) is 24.3 Å². The molecule has 0 aliphatic carbocycles. The lowest BCUT2D eigenvalue weighted by Gasteiger charge is -2.15. The van der Waals surface area contributed by atoms with Crippen LogP contribution in [0.15, 0.2) is 54.6 Å². The Hall–Kier alpha value is -2.53. The molecule has 0 unspecified atom stereocenters. The van der Waals surface area contributed by atoms with Crippen molar-refractivity contribution in [1.82, 2.24) is 5.06 Å². The monoisotopic (exact) mass is 356 g/mol. The minimum Gasteiger partial charge on any atom is -0.494 e. The molecule has 5 heteroatoms. The molecule has 0 saturated heterocycles. The predicted octanol–water partition coefficient (Wildman–Crippen LogP) is 4.89. The summed E-state index contributed by atoms with van der Waals surface area (Å²) < 4.78 is 5.78. The number of carbonyl (C=O) groups is 1. The van der Waals surface area contributed by atoms with Gasteiger partial charge in [-0.1, -0.05) is 49.2 Å². The summed E-state index contributed by atoms with van der Waals surface area (Å²) in [5, 5.41) is 3.88. The van der Waals surface area contributed by atoms with Crippen molar-refractivity contribution in [2.75, 3.05) is 26.1 Å². The van der Waals surface area contributed by atoms with Crippen molar-refractivity contribution in [1.29, 1.82) is 0 Å². The van der Waals surface area contributed by atoms with Crippen molar-refractivity contribution in [3.05, 3.63) is 60.2 Å². The number of benzene rings is 2. The molecule has 2 aromatic carbocycles. The highest BCUT2D eigenvalue weighted by molar-refractivity contribution is 5.88. The number of hydroxylamine groups is 2. The minimum atomic E-state index is -0.330.